The second-order valence-corrected chi connectivity index (χ2v) is 35.2. The van der Waals surface area contributed by atoms with Crippen molar-refractivity contribution in [2.45, 2.75) is 67.8 Å². The maximum Gasteiger partial charge on any atom is 0.394 e. The number of ether oxygens (including phenoxy) is 5. The van der Waals surface area contributed by atoms with Crippen molar-refractivity contribution in [3.05, 3.63) is 304 Å². The van der Waals surface area contributed by atoms with Gasteiger partial charge in [0.05, 0.1) is 38.2 Å². The van der Waals surface area contributed by atoms with Gasteiger partial charge in [-0.2, -0.15) is 12.9 Å². The molecule has 35 nitrogen and oxygen atoms in total. The number of methoxy groups -OCH3 is 3. The lowest BCUT2D eigenvalue weighted by atomic mass is 9.99. The topological polar surface area (TPSA) is 518 Å². The third-order valence-corrected chi connectivity index (χ3v) is 25.7. The number of phenols is 1. The number of nitrogens with zero attached hydrogens (tertiary/aromatic N) is 5. The zero-order valence-electron chi connectivity index (χ0n) is 70.9. The summed E-state index contributed by atoms with van der Waals surface area (Å²) in [5, 5.41) is 83.9. The van der Waals surface area contributed by atoms with E-state index in [1.165, 1.54) is 165 Å². The summed E-state index contributed by atoms with van der Waals surface area (Å²) in [6, 6.07) is 66.6. The molecule has 2 unspecified atom stereocenters. The minimum absolute atomic E-state index is 0.0227. The molecule has 39 heteroatoms. The van der Waals surface area contributed by atoms with E-state index in [9.17, 15) is 109 Å². The highest BCUT2D eigenvalue weighted by Gasteiger charge is 2.35. The molecule has 2 amide bonds. The molecule has 2 atom stereocenters. The van der Waals surface area contributed by atoms with Gasteiger partial charge in [0, 0.05) is 63.7 Å². The fourth-order valence-electron chi connectivity index (χ4n) is 13.2. The van der Waals surface area contributed by atoms with Crippen LogP contribution in [0.15, 0.2) is 269 Å². The van der Waals surface area contributed by atoms with Gasteiger partial charge >= 0.3 is 59.6 Å². The molecule has 0 bridgehead atoms. The average Bonchev–Trinajstić information content (AvgIpc) is 0.791. The average molecular weight is 1890 g/mol. The van der Waals surface area contributed by atoms with E-state index in [2.05, 4.69) is 0 Å². The lowest BCUT2D eigenvalue weighted by Crippen LogP contribution is -2.41. The predicted octanol–water partition coefficient (Wildman–Crippen LogP) is 12.6. The van der Waals surface area contributed by atoms with Gasteiger partial charge in [-0.25, -0.2) is 54.0 Å². The molecule has 0 aliphatic carbocycles. The van der Waals surface area contributed by atoms with Crippen molar-refractivity contribution in [2.75, 3.05) is 57.4 Å². The van der Waals surface area contributed by atoms with Crippen LogP contribution in [-0.2, 0) is 108 Å². The number of para-hydroxylation sites is 3. The van der Waals surface area contributed by atoms with Gasteiger partial charge in [-0.15, -0.1) is 0 Å². The van der Waals surface area contributed by atoms with Crippen LogP contribution in [0.3, 0.4) is 0 Å². The molecule has 0 saturated carbocycles. The van der Waals surface area contributed by atoms with Gasteiger partial charge in [-0.3, -0.25) is 19.2 Å². The number of sulfonamides is 3. The van der Waals surface area contributed by atoms with Crippen molar-refractivity contribution in [2.24, 2.45) is 11.8 Å². The molecule has 11 aromatic carbocycles. The molecule has 690 valence electrons. The quantitative estimate of drug-likeness (QED) is 0.0162. The van der Waals surface area contributed by atoms with Gasteiger partial charge in [0.2, 0.25) is 30.1 Å². The summed E-state index contributed by atoms with van der Waals surface area (Å²) in [6.07, 6.45) is 0. The van der Waals surface area contributed by atoms with Crippen molar-refractivity contribution in [1.82, 2.24) is 12.9 Å². The Labute approximate surface area is 762 Å². The van der Waals surface area contributed by atoms with E-state index in [0.717, 1.165) is 30.8 Å². The third-order valence-electron chi connectivity index (χ3n) is 19.9. The van der Waals surface area contributed by atoms with Crippen LogP contribution in [-0.4, -0.2) is 191 Å². The zero-order valence-corrected chi connectivity index (χ0v) is 74.1. The molecule has 0 fully saturated rings. The SMILES string of the molecule is COc1ccccc1S(=O)(=O)N(Cc1ccc(-c2ccc(O)c(C(=O)O)c2)cc1)Cc1ccc(OCC(=O)O)c(Cl)c1.COc1ccccc1S(=O)(=O)N(Cc1ccc(N(CC(C)C(=O)O)C(=O)C(=O)O)cc1)Cc1ccc(N(CC(C)C(=O)O)C(=O)C(=O)O)cc1.COc1ccccc1S(=O)(=O)N(Cc1ccc(OCC(=O)O)c(C(=O)O)c1)Cc1ccccc1-c1ccccc1. The van der Waals surface area contributed by atoms with Crippen LogP contribution in [0.2, 0.25) is 5.02 Å². The van der Waals surface area contributed by atoms with Gasteiger partial charge in [0.25, 0.3) is 0 Å². The summed E-state index contributed by atoms with van der Waals surface area (Å²) in [5.41, 5.74) is 5.72. The molecule has 0 heterocycles. The maximum atomic E-state index is 14.1. The molecule has 0 radical (unpaired) electrons. The number of halogens is 1. The lowest BCUT2D eigenvalue weighted by Gasteiger charge is -2.26. The molecular weight excluding hydrogens is 1800 g/mol. The Morgan fingerprint density at radius 1 is 0.348 bits per heavy atom. The number of carbonyl (C=O) groups is 10. The van der Waals surface area contributed by atoms with Crippen molar-refractivity contribution < 1.29 is 143 Å². The van der Waals surface area contributed by atoms with Crippen molar-refractivity contribution >= 4 is 113 Å². The Balaban J connectivity index is 0.000000224. The first-order valence-electron chi connectivity index (χ1n) is 39.4. The molecule has 0 aliphatic rings. The lowest BCUT2D eigenvalue weighted by molar-refractivity contribution is -0.149. The molecule has 0 saturated heterocycles. The Morgan fingerprint density at radius 3 is 1.09 bits per heavy atom. The third kappa shape index (κ3) is 26.4. The van der Waals surface area contributed by atoms with Crippen LogP contribution in [0.5, 0.6) is 34.5 Å². The van der Waals surface area contributed by atoms with Crippen molar-refractivity contribution in [3.63, 3.8) is 0 Å². The van der Waals surface area contributed by atoms with Crippen LogP contribution in [0.1, 0.15) is 67.9 Å². The number of amides is 2. The number of benzene rings is 11. The Kier molecular flexibility index (Phi) is 34.9. The number of hydrogen-bond acceptors (Lipinski definition) is 22. The number of carboxylic acid groups (broad SMARTS) is 8. The number of carboxylic acids is 8. The van der Waals surface area contributed by atoms with E-state index in [4.69, 9.17) is 45.5 Å². The molecule has 0 spiro atoms. The van der Waals surface area contributed by atoms with Crippen LogP contribution in [0.4, 0.5) is 11.4 Å². The highest BCUT2D eigenvalue weighted by atomic mass is 35.5. The monoisotopic (exact) mass is 1890 g/mol. The van der Waals surface area contributed by atoms with Gasteiger partial charge in [-0.05, 0) is 153 Å². The predicted molar refractivity (Wildman–Crippen MR) is 478 cm³/mol. The van der Waals surface area contributed by atoms with Gasteiger partial charge in [0.1, 0.15) is 60.3 Å². The second kappa shape index (κ2) is 45.8. The molecule has 0 aliphatic heterocycles. The first kappa shape index (κ1) is 101. The summed E-state index contributed by atoms with van der Waals surface area (Å²) < 4.78 is 114. The fraction of sp³-hybridized carbons (Fsp3) is 0.183. The number of aromatic carboxylic acids is 2. The Bertz CT molecular complexity index is 6330. The van der Waals surface area contributed by atoms with Crippen LogP contribution in [0, 0.1) is 11.8 Å². The summed E-state index contributed by atoms with van der Waals surface area (Å²) in [7, 11) is -8.48. The van der Waals surface area contributed by atoms with E-state index >= 15 is 0 Å². The van der Waals surface area contributed by atoms with Gasteiger partial charge in [0.15, 0.2) is 13.2 Å². The Morgan fingerprint density at radius 2 is 0.697 bits per heavy atom. The van der Waals surface area contributed by atoms with Crippen molar-refractivity contribution in [3.8, 4) is 56.8 Å². The largest absolute Gasteiger partial charge is 0.507 e. The highest BCUT2D eigenvalue weighted by molar-refractivity contribution is 7.89. The minimum atomic E-state index is -4.30. The summed E-state index contributed by atoms with van der Waals surface area (Å²) >= 11 is 6.29. The highest BCUT2D eigenvalue weighted by Crippen LogP contribution is 2.37. The van der Waals surface area contributed by atoms with Crippen molar-refractivity contribution in [1.29, 1.82) is 0 Å². The first-order valence-corrected chi connectivity index (χ1v) is 44.1. The number of carbonyl (C=O) groups excluding carboxylic acids is 2. The summed E-state index contributed by atoms with van der Waals surface area (Å²) in [4.78, 5) is 117. The smallest absolute Gasteiger partial charge is 0.394 e. The molecule has 132 heavy (non-hydrogen) atoms. The summed E-state index contributed by atoms with van der Waals surface area (Å²) in [6.45, 7) is -0.366. The number of hydrogen-bond donors (Lipinski definition) is 9. The van der Waals surface area contributed by atoms with Crippen LogP contribution >= 0.6 is 11.6 Å². The van der Waals surface area contributed by atoms with Gasteiger partial charge < -0.3 is 79.4 Å². The van der Waals surface area contributed by atoms with E-state index in [1.54, 1.807) is 78.9 Å². The molecule has 11 aromatic rings. The number of aromatic hydroxyl groups is 1. The van der Waals surface area contributed by atoms with Crippen LogP contribution in [0.25, 0.3) is 22.3 Å². The van der Waals surface area contributed by atoms with Crippen LogP contribution < -0.4 is 33.5 Å². The van der Waals surface area contributed by atoms with E-state index < -0.39 is 128 Å². The number of aliphatic carboxylic acids is 6. The molecule has 11 rings (SSSR count). The standard InChI is InChI=1S/C33H35N3O13S.C30H26ClNO9S.C30H27NO8S/c1-20(30(39)40)16-35(28(37)32(43)44)24-12-8-22(9-13-24)18-34(50(47,48)27-7-5-4-6-26(27)49-3)19-23-10-14-25(15-11-23)36(29(38)33(45)46)17-21(2)31(41)42;1-40-27-4-2-3-5-28(27)42(38,39)32(17-20-8-13-26(24(31)14-20)41-18-29(34)35)16-19-6-9-21(10-7-19)22-11-12-25(33)23(15-22)30(36)37;1-38-27-13-7-8-14-28(27)40(36,37)31(19-23-11-5-6-12-24(23)22-9-3-2-4-10-22)18-21-15-16-26(39-20-29(32)33)25(17-21)30(34)35/h4-15,20-21H,16-19H2,1-3H3,(H,39,40)(H,41,42)(H,43,44)(H,45,46);2-15,33H,16-18H2,1H3,(H,34,35)(H,36,37);2-17H,18-20H2,1H3,(H,32,33)(H,34,35). The number of anilines is 2. The van der Waals surface area contributed by atoms with E-state index in [1.807, 2.05) is 54.6 Å². The zero-order chi connectivity index (χ0) is 96.5. The van der Waals surface area contributed by atoms with Gasteiger partial charge in [-0.1, -0.05) is 183 Å². The number of rotatable bonds is 39. The first-order chi connectivity index (χ1) is 62.7. The summed E-state index contributed by atoms with van der Waals surface area (Å²) in [5.74, 6) is -15.9. The maximum absolute atomic E-state index is 14.1. The second-order valence-electron chi connectivity index (χ2n) is 29.0. The fourth-order valence-corrected chi connectivity index (χ4v) is 18.1. The molecule has 0 aromatic heterocycles. The Hall–Kier alpha value is -15.1. The minimum Gasteiger partial charge on any atom is -0.507 e. The molecule has 9 N–H and O–H groups in total. The normalized spacial score (nSPS) is 11.7. The van der Waals surface area contributed by atoms with E-state index in [-0.39, 0.29) is 116 Å². The van der Waals surface area contributed by atoms with E-state index in [0.29, 0.717) is 38.9 Å². The molecular formula is C93H88ClN5O30S3.